The first-order valence-corrected chi connectivity index (χ1v) is 5.21. The number of unbranched alkanes of at least 4 members (excludes halogenated alkanes) is 1. The topological polar surface area (TPSA) is 67.5 Å². The zero-order valence-corrected chi connectivity index (χ0v) is 9.34. The number of nitrogens with one attached hydrogen (secondary N) is 1. The molecule has 0 saturated heterocycles. The molecule has 0 saturated carbocycles. The molecule has 0 radical (unpaired) electrons. The Morgan fingerprint density at radius 3 is 2.57 bits per heavy atom. The van der Waals surface area contributed by atoms with Crippen molar-refractivity contribution in [2.45, 2.75) is 46.5 Å². The number of amides is 2. The zero-order chi connectivity index (χ0) is 11.0. The van der Waals surface area contributed by atoms with Crippen molar-refractivity contribution in [2.24, 2.45) is 16.8 Å². The van der Waals surface area contributed by atoms with Gasteiger partial charge >= 0.3 is 6.03 Å². The maximum absolute atomic E-state index is 10.4. The number of carbonyl (C=O) groups excluding carboxylic acids is 1. The number of hydrazone groups is 1. The third kappa shape index (κ3) is 5.56. The number of hydrogen-bond acceptors (Lipinski definition) is 2. The van der Waals surface area contributed by atoms with Gasteiger partial charge in [0.15, 0.2) is 0 Å². The molecule has 82 valence electrons. The van der Waals surface area contributed by atoms with Gasteiger partial charge < -0.3 is 5.73 Å². The molecule has 1 unspecified atom stereocenters. The Hall–Kier alpha value is -1.06. The van der Waals surface area contributed by atoms with E-state index in [4.69, 9.17) is 5.73 Å². The van der Waals surface area contributed by atoms with E-state index in [9.17, 15) is 4.79 Å². The summed E-state index contributed by atoms with van der Waals surface area (Å²) in [5.74, 6) is 0.460. The van der Waals surface area contributed by atoms with Crippen molar-refractivity contribution in [3.63, 3.8) is 0 Å². The van der Waals surface area contributed by atoms with E-state index in [0.717, 1.165) is 18.6 Å². The predicted octanol–water partition coefficient (Wildman–Crippen LogP) is 2.25. The quantitative estimate of drug-likeness (QED) is 0.500. The molecule has 4 heteroatoms. The van der Waals surface area contributed by atoms with Gasteiger partial charge in [-0.25, -0.2) is 10.2 Å². The Balaban J connectivity index is 4.07. The van der Waals surface area contributed by atoms with Crippen molar-refractivity contribution in [1.82, 2.24) is 5.43 Å². The summed E-state index contributed by atoms with van der Waals surface area (Å²) in [5, 5.41) is 3.94. The molecule has 0 rings (SSSR count). The summed E-state index contributed by atoms with van der Waals surface area (Å²) in [4.78, 5) is 10.4. The molecule has 1 atom stereocenters. The van der Waals surface area contributed by atoms with Crippen LogP contribution >= 0.6 is 0 Å². The first-order valence-electron chi connectivity index (χ1n) is 5.21. The second-order valence-electron chi connectivity index (χ2n) is 3.48. The molecular weight excluding hydrogens is 178 g/mol. The van der Waals surface area contributed by atoms with Crippen LogP contribution in [-0.2, 0) is 0 Å². The maximum atomic E-state index is 10.4. The second kappa shape index (κ2) is 7.35. The van der Waals surface area contributed by atoms with Crippen molar-refractivity contribution in [3.05, 3.63) is 0 Å². The van der Waals surface area contributed by atoms with Crippen LogP contribution in [0.1, 0.15) is 46.5 Å². The molecule has 0 aromatic heterocycles. The summed E-state index contributed by atoms with van der Waals surface area (Å²) in [7, 11) is 0. The normalized spacial score (nSPS) is 13.8. The van der Waals surface area contributed by atoms with Gasteiger partial charge in [-0.3, -0.25) is 0 Å². The Labute approximate surface area is 85.9 Å². The Morgan fingerprint density at radius 2 is 2.14 bits per heavy atom. The van der Waals surface area contributed by atoms with Crippen molar-refractivity contribution in [2.75, 3.05) is 0 Å². The van der Waals surface area contributed by atoms with Gasteiger partial charge in [-0.15, -0.1) is 0 Å². The highest BCUT2D eigenvalue weighted by atomic mass is 16.2. The second-order valence-corrected chi connectivity index (χ2v) is 3.48. The van der Waals surface area contributed by atoms with E-state index in [1.807, 2.05) is 6.92 Å². The van der Waals surface area contributed by atoms with E-state index in [-0.39, 0.29) is 0 Å². The first-order chi connectivity index (χ1) is 6.61. The molecule has 0 heterocycles. The zero-order valence-electron chi connectivity index (χ0n) is 9.34. The number of nitrogens with two attached hydrogens (primary N) is 1. The summed E-state index contributed by atoms with van der Waals surface area (Å²) in [6, 6.07) is -0.602. The van der Waals surface area contributed by atoms with Crippen LogP contribution in [0.2, 0.25) is 0 Å². The third-order valence-corrected chi connectivity index (χ3v) is 2.33. The van der Waals surface area contributed by atoms with Crippen molar-refractivity contribution >= 4 is 11.7 Å². The fourth-order valence-electron chi connectivity index (χ4n) is 1.39. The number of hydrogen-bond donors (Lipinski definition) is 2. The highest BCUT2D eigenvalue weighted by molar-refractivity contribution is 5.85. The standard InChI is InChI=1S/C10H21N3O/c1-4-6-7-9(5-2)8(3)12-13-10(11)14/h9H,4-7H2,1-3H3,(H3,11,13,14). The van der Waals surface area contributed by atoms with Crippen LogP contribution in [-0.4, -0.2) is 11.7 Å². The molecule has 0 aromatic rings. The summed E-state index contributed by atoms with van der Waals surface area (Å²) in [6.07, 6.45) is 4.56. The number of carbonyl (C=O) groups is 1. The molecule has 0 aliphatic rings. The van der Waals surface area contributed by atoms with Crippen molar-refractivity contribution < 1.29 is 4.79 Å². The lowest BCUT2D eigenvalue weighted by Crippen LogP contribution is -2.26. The van der Waals surface area contributed by atoms with Crippen LogP contribution in [0.4, 0.5) is 4.79 Å². The molecule has 2 amide bonds. The lowest BCUT2D eigenvalue weighted by Gasteiger charge is -2.13. The monoisotopic (exact) mass is 199 g/mol. The number of nitrogens with zero attached hydrogens (tertiary/aromatic N) is 1. The molecule has 0 spiro atoms. The number of urea groups is 1. The van der Waals surface area contributed by atoms with E-state index < -0.39 is 6.03 Å². The van der Waals surface area contributed by atoms with Crippen LogP contribution in [0, 0.1) is 5.92 Å². The van der Waals surface area contributed by atoms with Crippen LogP contribution in [0.25, 0.3) is 0 Å². The Bertz CT molecular complexity index is 202. The predicted molar refractivity (Wildman–Crippen MR) is 59.1 cm³/mol. The molecule has 0 aliphatic carbocycles. The Kier molecular flexibility index (Phi) is 6.80. The van der Waals surface area contributed by atoms with E-state index >= 15 is 0 Å². The minimum atomic E-state index is -0.602. The molecule has 0 aliphatic heterocycles. The molecular formula is C10H21N3O. The fourth-order valence-corrected chi connectivity index (χ4v) is 1.39. The lowest BCUT2D eigenvalue weighted by molar-refractivity contribution is 0.249. The number of primary amides is 1. The first kappa shape index (κ1) is 12.9. The van der Waals surface area contributed by atoms with Gasteiger partial charge in [-0.1, -0.05) is 26.7 Å². The van der Waals surface area contributed by atoms with Gasteiger partial charge in [0.2, 0.25) is 0 Å². The minimum absolute atomic E-state index is 0.460. The highest BCUT2D eigenvalue weighted by Gasteiger charge is 2.09. The van der Waals surface area contributed by atoms with E-state index in [0.29, 0.717) is 5.92 Å². The van der Waals surface area contributed by atoms with E-state index in [2.05, 4.69) is 24.4 Å². The molecule has 14 heavy (non-hydrogen) atoms. The van der Waals surface area contributed by atoms with Gasteiger partial charge in [-0.2, -0.15) is 5.10 Å². The van der Waals surface area contributed by atoms with Gasteiger partial charge in [-0.05, 0) is 25.7 Å². The van der Waals surface area contributed by atoms with Gasteiger partial charge in [0.05, 0.1) is 0 Å². The smallest absolute Gasteiger partial charge is 0.332 e. The summed E-state index contributed by atoms with van der Waals surface area (Å²) < 4.78 is 0. The Morgan fingerprint density at radius 1 is 1.50 bits per heavy atom. The SMILES string of the molecule is CCCCC(CC)C(C)=NNC(N)=O. The van der Waals surface area contributed by atoms with Crippen LogP contribution in [0.3, 0.4) is 0 Å². The largest absolute Gasteiger partial charge is 0.350 e. The molecule has 0 fully saturated rings. The number of rotatable bonds is 6. The van der Waals surface area contributed by atoms with Gasteiger partial charge in [0.25, 0.3) is 0 Å². The molecule has 4 nitrogen and oxygen atoms in total. The molecule has 0 aromatic carbocycles. The maximum Gasteiger partial charge on any atom is 0.332 e. The van der Waals surface area contributed by atoms with Crippen LogP contribution in [0.15, 0.2) is 5.10 Å². The summed E-state index contributed by atoms with van der Waals surface area (Å²) in [6.45, 7) is 6.23. The average molecular weight is 199 g/mol. The van der Waals surface area contributed by atoms with Crippen LogP contribution in [0.5, 0.6) is 0 Å². The fraction of sp³-hybridized carbons (Fsp3) is 0.800. The average Bonchev–Trinajstić information content (AvgIpc) is 2.16. The van der Waals surface area contributed by atoms with E-state index in [1.54, 1.807) is 0 Å². The minimum Gasteiger partial charge on any atom is -0.350 e. The van der Waals surface area contributed by atoms with Crippen molar-refractivity contribution in [1.29, 1.82) is 0 Å². The summed E-state index contributed by atoms with van der Waals surface area (Å²) >= 11 is 0. The highest BCUT2D eigenvalue weighted by Crippen LogP contribution is 2.14. The van der Waals surface area contributed by atoms with E-state index in [1.165, 1.54) is 12.8 Å². The van der Waals surface area contributed by atoms with Gasteiger partial charge in [0.1, 0.15) is 0 Å². The summed E-state index contributed by atoms with van der Waals surface area (Å²) in [5.41, 5.74) is 8.15. The van der Waals surface area contributed by atoms with Crippen molar-refractivity contribution in [3.8, 4) is 0 Å². The molecule has 0 bridgehead atoms. The lowest BCUT2D eigenvalue weighted by atomic mass is 9.95. The van der Waals surface area contributed by atoms with Gasteiger partial charge in [0, 0.05) is 5.71 Å². The third-order valence-electron chi connectivity index (χ3n) is 2.33. The van der Waals surface area contributed by atoms with Crippen LogP contribution < -0.4 is 11.2 Å². The molecule has 3 N–H and O–H groups in total.